The van der Waals surface area contributed by atoms with Crippen molar-refractivity contribution in [3.05, 3.63) is 66.2 Å². The zero-order chi connectivity index (χ0) is 15.5. The summed E-state index contributed by atoms with van der Waals surface area (Å²) in [6.45, 7) is 2.65. The van der Waals surface area contributed by atoms with E-state index in [0.29, 0.717) is 12.1 Å². The lowest BCUT2D eigenvalue weighted by molar-refractivity contribution is 0.0804. The Labute approximate surface area is 130 Å². The van der Waals surface area contributed by atoms with Gasteiger partial charge in [0.1, 0.15) is 0 Å². The Kier molecular flexibility index (Phi) is 3.88. The largest absolute Gasteiger partial charge is 0.342 e. The number of hydrogen-bond donors (Lipinski definition) is 0. The maximum atomic E-state index is 12.7. The third kappa shape index (κ3) is 2.58. The van der Waals surface area contributed by atoms with Gasteiger partial charge in [-0.25, -0.2) is 4.98 Å². The van der Waals surface area contributed by atoms with Crippen molar-refractivity contribution in [2.75, 3.05) is 13.6 Å². The van der Waals surface area contributed by atoms with Crippen molar-refractivity contribution in [1.82, 2.24) is 9.88 Å². The van der Waals surface area contributed by atoms with Crippen LogP contribution in [0.4, 0.5) is 0 Å². The molecule has 0 atom stereocenters. The van der Waals surface area contributed by atoms with Crippen molar-refractivity contribution in [1.29, 1.82) is 0 Å². The summed E-state index contributed by atoms with van der Waals surface area (Å²) < 4.78 is 0. The van der Waals surface area contributed by atoms with Crippen molar-refractivity contribution < 1.29 is 4.79 Å². The molecule has 0 aliphatic carbocycles. The Balaban J connectivity index is 2.23. The maximum absolute atomic E-state index is 12.7. The predicted octanol–water partition coefficient (Wildman–Crippen LogP) is 3.99. The van der Waals surface area contributed by atoms with Crippen molar-refractivity contribution in [3.63, 3.8) is 0 Å². The van der Waals surface area contributed by atoms with Gasteiger partial charge < -0.3 is 4.90 Å². The Morgan fingerprint density at radius 2 is 1.73 bits per heavy atom. The van der Waals surface area contributed by atoms with Crippen LogP contribution in [0, 0.1) is 0 Å². The normalized spacial score (nSPS) is 10.6. The first kappa shape index (κ1) is 14.3. The molecule has 0 spiro atoms. The summed E-state index contributed by atoms with van der Waals surface area (Å²) in [7, 11) is 1.82. The summed E-state index contributed by atoms with van der Waals surface area (Å²) in [6.07, 6.45) is 0. The summed E-state index contributed by atoms with van der Waals surface area (Å²) in [4.78, 5) is 19.1. The maximum Gasteiger partial charge on any atom is 0.254 e. The van der Waals surface area contributed by atoms with Gasteiger partial charge in [0, 0.05) is 24.5 Å². The summed E-state index contributed by atoms with van der Waals surface area (Å²) in [5, 5.41) is 0.896. The van der Waals surface area contributed by atoms with E-state index in [2.05, 4.69) is 0 Å². The van der Waals surface area contributed by atoms with E-state index in [1.807, 2.05) is 74.6 Å². The van der Waals surface area contributed by atoms with E-state index in [0.717, 1.165) is 22.2 Å². The third-order valence-corrected chi connectivity index (χ3v) is 3.84. The summed E-state index contributed by atoms with van der Waals surface area (Å²) in [5.74, 6) is 0.0262. The number of rotatable bonds is 3. The molecule has 0 unspecified atom stereocenters. The summed E-state index contributed by atoms with van der Waals surface area (Å²) in [6, 6.07) is 19.6. The molecule has 0 saturated heterocycles. The van der Waals surface area contributed by atoms with Gasteiger partial charge in [-0.2, -0.15) is 0 Å². The topological polar surface area (TPSA) is 33.2 Å². The van der Waals surface area contributed by atoms with E-state index in [9.17, 15) is 4.79 Å². The Bertz CT molecular complexity index is 812. The number of carbonyl (C=O) groups is 1. The van der Waals surface area contributed by atoms with Crippen LogP contribution in [-0.2, 0) is 0 Å². The lowest BCUT2D eigenvalue weighted by Crippen LogP contribution is -2.26. The lowest BCUT2D eigenvalue weighted by atomic mass is 10.0. The van der Waals surface area contributed by atoms with Gasteiger partial charge in [0.2, 0.25) is 0 Å². The molecule has 110 valence electrons. The van der Waals surface area contributed by atoms with E-state index in [4.69, 9.17) is 4.98 Å². The van der Waals surface area contributed by atoms with Crippen LogP contribution in [0.3, 0.4) is 0 Å². The minimum Gasteiger partial charge on any atom is -0.342 e. The van der Waals surface area contributed by atoms with Crippen LogP contribution in [0.25, 0.3) is 22.2 Å². The Morgan fingerprint density at radius 3 is 2.45 bits per heavy atom. The number of para-hydroxylation sites is 1. The quantitative estimate of drug-likeness (QED) is 0.730. The molecule has 0 aliphatic heterocycles. The molecule has 3 rings (SSSR count). The molecule has 0 saturated carbocycles. The van der Waals surface area contributed by atoms with Gasteiger partial charge in [0.15, 0.2) is 0 Å². The number of carbonyl (C=O) groups excluding carboxylic acids is 1. The number of pyridine rings is 1. The number of fused-ring (bicyclic) bond motifs is 1. The summed E-state index contributed by atoms with van der Waals surface area (Å²) in [5.41, 5.74) is 3.39. The van der Waals surface area contributed by atoms with Crippen molar-refractivity contribution in [3.8, 4) is 11.3 Å². The first-order valence-electron chi connectivity index (χ1n) is 7.41. The van der Waals surface area contributed by atoms with E-state index >= 15 is 0 Å². The van der Waals surface area contributed by atoms with Crippen molar-refractivity contribution >= 4 is 16.8 Å². The fraction of sp³-hybridized carbons (Fsp3) is 0.158. The third-order valence-electron chi connectivity index (χ3n) is 3.84. The van der Waals surface area contributed by atoms with Gasteiger partial charge >= 0.3 is 0 Å². The number of benzene rings is 2. The zero-order valence-electron chi connectivity index (χ0n) is 12.8. The highest BCUT2D eigenvalue weighted by Gasteiger charge is 2.16. The second-order valence-corrected chi connectivity index (χ2v) is 5.26. The minimum atomic E-state index is 0.0262. The second kappa shape index (κ2) is 5.98. The van der Waals surface area contributed by atoms with Crippen molar-refractivity contribution in [2.24, 2.45) is 0 Å². The van der Waals surface area contributed by atoms with E-state index in [1.54, 1.807) is 4.90 Å². The molecule has 22 heavy (non-hydrogen) atoms. The van der Waals surface area contributed by atoms with Crippen LogP contribution in [0.5, 0.6) is 0 Å². The van der Waals surface area contributed by atoms with E-state index < -0.39 is 0 Å². The minimum absolute atomic E-state index is 0.0262. The molecule has 3 heteroatoms. The number of nitrogens with zero attached hydrogens (tertiary/aromatic N) is 2. The molecule has 3 aromatic rings. The molecule has 0 radical (unpaired) electrons. The number of amides is 1. The van der Waals surface area contributed by atoms with Crippen LogP contribution >= 0.6 is 0 Å². The second-order valence-electron chi connectivity index (χ2n) is 5.26. The molecule has 1 heterocycles. The lowest BCUT2D eigenvalue weighted by Gasteiger charge is -2.16. The van der Waals surface area contributed by atoms with Crippen LogP contribution in [0.15, 0.2) is 60.7 Å². The average Bonchev–Trinajstić information content (AvgIpc) is 2.60. The molecular formula is C19H18N2O. The average molecular weight is 290 g/mol. The fourth-order valence-electron chi connectivity index (χ4n) is 2.46. The van der Waals surface area contributed by atoms with Gasteiger partial charge in [-0.1, -0.05) is 48.5 Å². The van der Waals surface area contributed by atoms with E-state index in [1.165, 1.54) is 0 Å². The van der Waals surface area contributed by atoms with Gasteiger partial charge in [-0.05, 0) is 19.1 Å². The summed E-state index contributed by atoms with van der Waals surface area (Å²) >= 11 is 0. The molecular weight excluding hydrogens is 272 g/mol. The van der Waals surface area contributed by atoms with Gasteiger partial charge in [-0.3, -0.25) is 4.79 Å². The predicted molar refractivity (Wildman–Crippen MR) is 89.8 cm³/mol. The van der Waals surface area contributed by atoms with Gasteiger partial charge in [0.05, 0.1) is 16.8 Å². The standard InChI is InChI=1S/C19H18N2O/c1-3-21(2)19(22)16-13-18(14-9-5-4-6-10-14)20-17-12-8-7-11-15(16)17/h4-13H,3H2,1-2H3. The molecule has 0 aliphatic rings. The Hall–Kier alpha value is -2.68. The van der Waals surface area contributed by atoms with E-state index in [-0.39, 0.29) is 5.91 Å². The van der Waals surface area contributed by atoms with Crippen LogP contribution in [0.2, 0.25) is 0 Å². The first-order chi connectivity index (χ1) is 10.7. The molecule has 2 aromatic carbocycles. The monoisotopic (exact) mass is 290 g/mol. The molecule has 3 nitrogen and oxygen atoms in total. The van der Waals surface area contributed by atoms with Crippen LogP contribution in [0.1, 0.15) is 17.3 Å². The zero-order valence-corrected chi connectivity index (χ0v) is 12.8. The molecule has 0 bridgehead atoms. The van der Waals surface area contributed by atoms with Gasteiger partial charge in [0.25, 0.3) is 5.91 Å². The number of hydrogen-bond acceptors (Lipinski definition) is 2. The number of aromatic nitrogens is 1. The van der Waals surface area contributed by atoms with Gasteiger partial charge in [-0.15, -0.1) is 0 Å². The highest BCUT2D eigenvalue weighted by atomic mass is 16.2. The molecule has 0 N–H and O–H groups in total. The molecule has 1 amide bonds. The SMILES string of the molecule is CCN(C)C(=O)c1cc(-c2ccccc2)nc2ccccc12. The fourth-order valence-corrected chi connectivity index (χ4v) is 2.46. The Morgan fingerprint density at radius 1 is 1.05 bits per heavy atom. The molecule has 0 fully saturated rings. The first-order valence-corrected chi connectivity index (χ1v) is 7.41. The highest BCUT2D eigenvalue weighted by molar-refractivity contribution is 6.07. The smallest absolute Gasteiger partial charge is 0.254 e. The highest BCUT2D eigenvalue weighted by Crippen LogP contribution is 2.25. The molecule has 1 aromatic heterocycles. The van der Waals surface area contributed by atoms with Crippen LogP contribution in [-0.4, -0.2) is 29.4 Å². The van der Waals surface area contributed by atoms with Crippen molar-refractivity contribution in [2.45, 2.75) is 6.92 Å². The van der Waals surface area contributed by atoms with Crippen LogP contribution < -0.4 is 0 Å².